The summed E-state index contributed by atoms with van der Waals surface area (Å²) in [6.07, 6.45) is 0. The summed E-state index contributed by atoms with van der Waals surface area (Å²) < 4.78 is 4.57. The number of anilines is 1. The number of hydrogen-bond acceptors (Lipinski definition) is 4. The highest BCUT2D eigenvalue weighted by Crippen LogP contribution is 2.20. The number of methoxy groups -OCH3 is 1. The van der Waals surface area contributed by atoms with Crippen LogP contribution in [0.5, 0.6) is 0 Å². The molecule has 0 amide bonds. The van der Waals surface area contributed by atoms with Crippen LogP contribution in [0.4, 0.5) is 5.69 Å². The maximum absolute atomic E-state index is 11.4. The first kappa shape index (κ1) is 13.5. The fourth-order valence-corrected chi connectivity index (χ4v) is 1.82. The van der Waals surface area contributed by atoms with Gasteiger partial charge in [0.25, 0.3) is 0 Å². The predicted octanol–water partition coefficient (Wildman–Crippen LogP) is 1.36. The Morgan fingerprint density at radius 1 is 1.47 bits per heavy atom. The zero-order valence-electron chi connectivity index (χ0n) is 10.7. The van der Waals surface area contributed by atoms with Gasteiger partial charge in [-0.3, -0.25) is 0 Å². The molecule has 0 saturated carbocycles. The predicted molar refractivity (Wildman–Crippen MR) is 67.1 cm³/mol. The average molecular weight is 237 g/mol. The van der Waals surface area contributed by atoms with E-state index in [0.717, 1.165) is 11.3 Å². The van der Waals surface area contributed by atoms with Crippen molar-refractivity contribution < 1.29 is 14.6 Å². The van der Waals surface area contributed by atoms with Crippen molar-refractivity contribution in [1.29, 1.82) is 0 Å². The number of carbonyl (C=O) groups excluding carboxylic acids is 1. The van der Waals surface area contributed by atoms with E-state index >= 15 is 0 Å². The quantitative estimate of drug-likeness (QED) is 0.803. The second-order valence-electron chi connectivity index (χ2n) is 4.41. The number of hydrogen-bond donors (Lipinski definition) is 1. The summed E-state index contributed by atoms with van der Waals surface area (Å²) in [5.74, 6) is -0.627. The molecule has 0 bridgehead atoms. The second kappa shape index (κ2) is 5.19. The molecule has 4 nitrogen and oxygen atoms in total. The van der Waals surface area contributed by atoms with Crippen LogP contribution in [0.2, 0.25) is 0 Å². The lowest BCUT2D eigenvalue weighted by Crippen LogP contribution is -2.46. The number of likely N-dealkylation sites (N-methyl/N-ethyl adjacent to an activating group) is 1. The van der Waals surface area contributed by atoms with E-state index in [1.807, 2.05) is 43.1 Å². The molecule has 1 atom stereocenters. The van der Waals surface area contributed by atoms with E-state index in [9.17, 15) is 9.90 Å². The molecule has 4 heteroatoms. The third-order valence-corrected chi connectivity index (χ3v) is 2.70. The SMILES string of the molecule is COC(=O)C(C)(O)CN(C)c1ccccc1C. The van der Waals surface area contributed by atoms with Crippen molar-refractivity contribution in [1.82, 2.24) is 0 Å². The minimum atomic E-state index is -1.51. The average Bonchev–Trinajstić information content (AvgIpc) is 2.27. The van der Waals surface area contributed by atoms with Gasteiger partial charge in [0.1, 0.15) is 0 Å². The van der Waals surface area contributed by atoms with Gasteiger partial charge in [0.2, 0.25) is 0 Å². The fraction of sp³-hybridized carbons (Fsp3) is 0.462. The molecule has 0 saturated heterocycles. The molecule has 1 aromatic rings. The van der Waals surface area contributed by atoms with Gasteiger partial charge in [0.05, 0.1) is 13.7 Å². The number of aryl methyl sites for hydroxylation is 1. The summed E-state index contributed by atoms with van der Waals surface area (Å²) in [6, 6.07) is 7.80. The zero-order valence-corrected chi connectivity index (χ0v) is 10.7. The minimum absolute atomic E-state index is 0.185. The first-order valence-corrected chi connectivity index (χ1v) is 5.46. The molecule has 0 aromatic heterocycles. The molecule has 0 heterocycles. The van der Waals surface area contributed by atoms with E-state index in [1.165, 1.54) is 14.0 Å². The van der Waals surface area contributed by atoms with E-state index in [-0.39, 0.29) is 6.54 Å². The molecule has 0 spiro atoms. The molecule has 1 N–H and O–H groups in total. The summed E-state index contributed by atoms with van der Waals surface area (Å²) in [5, 5.41) is 9.99. The van der Waals surface area contributed by atoms with E-state index in [2.05, 4.69) is 4.74 Å². The Hall–Kier alpha value is -1.55. The monoisotopic (exact) mass is 237 g/mol. The number of para-hydroxylation sites is 1. The summed E-state index contributed by atoms with van der Waals surface area (Å²) in [5.41, 5.74) is 0.568. The number of carbonyl (C=O) groups is 1. The fourth-order valence-electron chi connectivity index (χ4n) is 1.82. The Morgan fingerprint density at radius 2 is 2.06 bits per heavy atom. The minimum Gasteiger partial charge on any atom is -0.467 e. The van der Waals surface area contributed by atoms with E-state index in [0.29, 0.717) is 0 Å². The maximum atomic E-state index is 11.4. The Labute approximate surface area is 102 Å². The van der Waals surface area contributed by atoms with E-state index < -0.39 is 11.6 Å². The van der Waals surface area contributed by atoms with Gasteiger partial charge in [0.15, 0.2) is 5.60 Å². The number of aliphatic hydroxyl groups is 1. The summed E-state index contributed by atoms with van der Waals surface area (Å²) in [7, 11) is 3.10. The standard InChI is InChI=1S/C13H19NO3/c1-10-7-5-6-8-11(10)14(3)9-13(2,16)12(15)17-4/h5-8,16H,9H2,1-4H3. The van der Waals surface area contributed by atoms with Gasteiger partial charge >= 0.3 is 5.97 Å². The van der Waals surface area contributed by atoms with Crippen LogP contribution >= 0.6 is 0 Å². The van der Waals surface area contributed by atoms with Crippen LogP contribution in [0.15, 0.2) is 24.3 Å². The highest BCUT2D eigenvalue weighted by atomic mass is 16.5. The molecule has 0 aliphatic rings. The third-order valence-electron chi connectivity index (χ3n) is 2.70. The molecule has 0 aliphatic carbocycles. The molecule has 0 fully saturated rings. The van der Waals surface area contributed by atoms with Gasteiger partial charge in [0, 0.05) is 12.7 Å². The Morgan fingerprint density at radius 3 is 2.59 bits per heavy atom. The van der Waals surface area contributed by atoms with E-state index in [4.69, 9.17) is 0 Å². The second-order valence-corrected chi connectivity index (χ2v) is 4.41. The number of ether oxygens (including phenoxy) is 1. The first-order chi connectivity index (χ1) is 7.88. The lowest BCUT2D eigenvalue weighted by molar-refractivity contribution is -0.159. The normalized spacial score (nSPS) is 13.9. The number of benzene rings is 1. The first-order valence-electron chi connectivity index (χ1n) is 5.46. The van der Waals surface area contributed by atoms with E-state index in [1.54, 1.807) is 0 Å². The largest absolute Gasteiger partial charge is 0.467 e. The maximum Gasteiger partial charge on any atom is 0.339 e. The van der Waals surface area contributed by atoms with Crippen molar-refractivity contribution in [3.8, 4) is 0 Å². The lowest BCUT2D eigenvalue weighted by Gasteiger charge is -2.29. The Balaban J connectivity index is 2.83. The molecule has 0 aliphatic heterocycles. The van der Waals surface area contributed by atoms with Crippen LogP contribution < -0.4 is 4.90 Å². The molecule has 17 heavy (non-hydrogen) atoms. The van der Waals surface area contributed by atoms with Crippen LogP contribution in [0.3, 0.4) is 0 Å². The van der Waals surface area contributed by atoms with Crippen molar-refractivity contribution in [2.24, 2.45) is 0 Å². The highest BCUT2D eigenvalue weighted by molar-refractivity contribution is 5.79. The number of esters is 1. The molecular formula is C13H19NO3. The van der Waals surface area contributed by atoms with Gasteiger partial charge in [-0.25, -0.2) is 4.79 Å². The zero-order chi connectivity index (χ0) is 13.1. The summed E-state index contributed by atoms with van der Waals surface area (Å²) in [4.78, 5) is 13.2. The van der Waals surface area contributed by atoms with Crippen LogP contribution in [0, 0.1) is 6.92 Å². The highest BCUT2D eigenvalue weighted by Gasteiger charge is 2.33. The third kappa shape index (κ3) is 3.20. The number of rotatable bonds is 4. The van der Waals surface area contributed by atoms with Crippen LogP contribution in [0.25, 0.3) is 0 Å². The summed E-state index contributed by atoms with van der Waals surface area (Å²) in [6.45, 7) is 3.62. The molecule has 94 valence electrons. The topological polar surface area (TPSA) is 49.8 Å². The molecule has 1 rings (SSSR count). The molecule has 0 radical (unpaired) electrons. The smallest absolute Gasteiger partial charge is 0.339 e. The van der Waals surface area contributed by atoms with Crippen molar-refractivity contribution in [2.75, 3.05) is 25.6 Å². The summed E-state index contributed by atoms with van der Waals surface area (Å²) >= 11 is 0. The van der Waals surface area contributed by atoms with Gasteiger partial charge < -0.3 is 14.7 Å². The molecular weight excluding hydrogens is 218 g/mol. The Bertz CT molecular complexity index is 401. The van der Waals surface area contributed by atoms with Gasteiger partial charge in [-0.05, 0) is 25.5 Å². The van der Waals surface area contributed by atoms with Gasteiger partial charge in [-0.15, -0.1) is 0 Å². The van der Waals surface area contributed by atoms with Crippen LogP contribution in [-0.2, 0) is 9.53 Å². The molecule has 1 aromatic carbocycles. The van der Waals surface area contributed by atoms with Crippen molar-refractivity contribution in [3.05, 3.63) is 29.8 Å². The number of nitrogens with zero attached hydrogens (tertiary/aromatic N) is 1. The Kier molecular flexibility index (Phi) is 4.12. The van der Waals surface area contributed by atoms with Crippen LogP contribution in [0.1, 0.15) is 12.5 Å². The van der Waals surface area contributed by atoms with Crippen molar-refractivity contribution >= 4 is 11.7 Å². The lowest BCUT2D eigenvalue weighted by atomic mass is 10.1. The van der Waals surface area contributed by atoms with Crippen molar-refractivity contribution in [3.63, 3.8) is 0 Å². The molecule has 1 unspecified atom stereocenters. The van der Waals surface area contributed by atoms with Crippen molar-refractivity contribution in [2.45, 2.75) is 19.4 Å². The van der Waals surface area contributed by atoms with Gasteiger partial charge in [-0.1, -0.05) is 18.2 Å². The van der Waals surface area contributed by atoms with Crippen LogP contribution in [-0.4, -0.2) is 37.4 Å². The van der Waals surface area contributed by atoms with Gasteiger partial charge in [-0.2, -0.15) is 0 Å².